The SMILES string of the molecule is CCCC1CCC(CNC)C(CCC)C1. The Balaban J connectivity index is 2.41. The maximum atomic E-state index is 3.37. The van der Waals surface area contributed by atoms with Gasteiger partial charge in [-0.15, -0.1) is 0 Å². The van der Waals surface area contributed by atoms with Crippen LogP contribution >= 0.6 is 0 Å². The number of hydrogen-bond acceptors (Lipinski definition) is 1. The third-order valence-electron chi connectivity index (χ3n) is 4.07. The Hall–Kier alpha value is -0.0400. The van der Waals surface area contributed by atoms with Crippen LogP contribution in [0.25, 0.3) is 0 Å². The third kappa shape index (κ3) is 4.14. The van der Waals surface area contributed by atoms with Crippen LogP contribution in [0.5, 0.6) is 0 Å². The number of nitrogens with one attached hydrogen (secondary N) is 1. The highest BCUT2D eigenvalue weighted by molar-refractivity contribution is 4.80. The van der Waals surface area contributed by atoms with Crippen LogP contribution in [-0.2, 0) is 0 Å². The molecule has 15 heavy (non-hydrogen) atoms. The quantitative estimate of drug-likeness (QED) is 0.704. The van der Waals surface area contributed by atoms with Gasteiger partial charge in [0, 0.05) is 0 Å². The fraction of sp³-hybridized carbons (Fsp3) is 1.00. The van der Waals surface area contributed by atoms with Gasteiger partial charge in [-0.1, -0.05) is 46.0 Å². The molecule has 1 nitrogen and oxygen atoms in total. The minimum absolute atomic E-state index is 0.961. The smallest absolute Gasteiger partial charge is 0.00209 e. The lowest BCUT2D eigenvalue weighted by atomic mass is 9.71. The molecule has 0 aromatic heterocycles. The van der Waals surface area contributed by atoms with Gasteiger partial charge in [0.1, 0.15) is 0 Å². The molecule has 0 saturated heterocycles. The van der Waals surface area contributed by atoms with Crippen molar-refractivity contribution in [2.75, 3.05) is 13.6 Å². The zero-order chi connectivity index (χ0) is 11.1. The molecule has 0 radical (unpaired) electrons. The van der Waals surface area contributed by atoms with Crippen molar-refractivity contribution in [2.45, 2.75) is 58.8 Å². The molecule has 1 fully saturated rings. The molecule has 1 saturated carbocycles. The minimum Gasteiger partial charge on any atom is -0.319 e. The topological polar surface area (TPSA) is 12.0 Å². The molecule has 1 aliphatic rings. The van der Waals surface area contributed by atoms with Crippen molar-refractivity contribution in [1.29, 1.82) is 0 Å². The van der Waals surface area contributed by atoms with E-state index in [1.54, 1.807) is 0 Å². The van der Waals surface area contributed by atoms with E-state index in [0.29, 0.717) is 0 Å². The summed E-state index contributed by atoms with van der Waals surface area (Å²) in [6.07, 6.45) is 10.1. The Morgan fingerprint density at radius 1 is 1.00 bits per heavy atom. The van der Waals surface area contributed by atoms with Crippen molar-refractivity contribution in [1.82, 2.24) is 5.32 Å². The molecule has 0 bridgehead atoms. The van der Waals surface area contributed by atoms with Crippen LogP contribution in [0.2, 0.25) is 0 Å². The van der Waals surface area contributed by atoms with Crippen LogP contribution in [0.1, 0.15) is 58.8 Å². The van der Waals surface area contributed by atoms with Crippen LogP contribution in [0, 0.1) is 17.8 Å². The Morgan fingerprint density at radius 3 is 2.33 bits per heavy atom. The standard InChI is InChI=1S/C14H29N/c1-4-6-12-8-9-14(11-15-3)13(10-12)7-5-2/h12-15H,4-11H2,1-3H3. The fourth-order valence-electron chi connectivity index (χ4n) is 3.35. The average Bonchev–Trinajstić information content (AvgIpc) is 2.23. The fourth-order valence-corrected chi connectivity index (χ4v) is 3.35. The van der Waals surface area contributed by atoms with Gasteiger partial charge in [-0.25, -0.2) is 0 Å². The molecule has 0 aliphatic heterocycles. The average molecular weight is 211 g/mol. The lowest BCUT2D eigenvalue weighted by Gasteiger charge is -2.36. The molecule has 3 atom stereocenters. The van der Waals surface area contributed by atoms with Crippen molar-refractivity contribution >= 4 is 0 Å². The molecule has 1 aliphatic carbocycles. The van der Waals surface area contributed by atoms with Crippen LogP contribution in [0.3, 0.4) is 0 Å². The summed E-state index contributed by atoms with van der Waals surface area (Å²) in [4.78, 5) is 0. The minimum atomic E-state index is 0.961. The second kappa shape index (κ2) is 7.27. The maximum Gasteiger partial charge on any atom is -0.00209 e. The summed E-state index contributed by atoms with van der Waals surface area (Å²) in [6.45, 7) is 5.90. The Bertz CT molecular complexity index is 155. The summed E-state index contributed by atoms with van der Waals surface area (Å²) in [5.41, 5.74) is 0. The van der Waals surface area contributed by atoms with E-state index in [9.17, 15) is 0 Å². The van der Waals surface area contributed by atoms with E-state index in [0.717, 1.165) is 17.8 Å². The van der Waals surface area contributed by atoms with Crippen LogP contribution < -0.4 is 5.32 Å². The summed E-state index contributed by atoms with van der Waals surface area (Å²) in [7, 11) is 2.10. The van der Waals surface area contributed by atoms with Gasteiger partial charge >= 0.3 is 0 Å². The Morgan fingerprint density at radius 2 is 1.73 bits per heavy atom. The van der Waals surface area contributed by atoms with Crippen molar-refractivity contribution in [2.24, 2.45) is 17.8 Å². The monoisotopic (exact) mass is 211 g/mol. The molecule has 3 unspecified atom stereocenters. The zero-order valence-electron chi connectivity index (χ0n) is 10.9. The van der Waals surface area contributed by atoms with Gasteiger partial charge in [0.05, 0.1) is 0 Å². The van der Waals surface area contributed by atoms with Crippen molar-refractivity contribution in [3.63, 3.8) is 0 Å². The van der Waals surface area contributed by atoms with Crippen molar-refractivity contribution in [3.8, 4) is 0 Å². The summed E-state index contributed by atoms with van der Waals surface area (Å²) >= 11 is 0. The first-order chi connectivity index (χ1) is 7.31. The van der Waals surface area contributed by atoms with Crippen LogP contribution in [-0.4, -0.2) is 13.6 Å². The normalized spacial score (nSPS) is 31.8. The molecule has 0 amide bonds. The molecular weight excluding hydrogens is 182 g/mol. The van der Waals surface area contributed by atoms with Gasteiger partial charge in [0.15, 0.2) is 0 Å². The summed E-state index contributed by atoms with van der Waals surface area (Å²) in [5, 5.41) is 3.37. The zero-order valence-corrected chi connectivity index (χ0v) is 10.9. The Labute approximate surface area is 96.0 Å². The largest absolute Gasteiger partial charge is 0.319 e. The van der Waals surface area contributed by atoms with Crippen LogP contribution in [0.4, 0.5) is 0 Å². The van der Waals surface area contributed by atoms with E-state index in [1.165, 1.54) is 51.5 Å². The van der Waals surface area contributed by atoms with Gasteiger partial charge in [-0.2, -0.15) is 0 Å². The summed E-state index contributed by atoms with van der Waals surface area (Å²) < 4.78 is 0. The second-order valence-corrected chi connectivity index (χ2v) is 5.33. The number of hydrogen-bond donors (Lipinski definition) is 1. The van der Waals surface area contributed by atoms with Gasteiger partial charge < -0.3 is 5.32 Å². The molecule has 90 valence electrons. The van der Waals surface area contributed by atoms with Gasteiger partial charge in [0.2, 0.25) is 0 Å². The first-order valence-electron chi connectivity index (χ1n) is 6.96. The summed E-state index contributed by atoms with van der Waals surface area (Å²) in [6, 6.07) is 0. The highest BCUT2D eigenvalue weighted by Gasteiger charge is 2.28. The lowest BCUT2D eigenvalue weighted by molar-refractivity contribution is 0.160. The predicted molar refractivity (Wildman–Crippen MR) is 68.1 cm³/mol. The highest BCUT2D eigenvalue weighted by atomic mass is 14.8. The third-order valence-corrected chi connectivity index (χ3v) is 4.07. The van der Waals surface area contributed by atoms with E-state index in [4.69, 9.17) is 0 Å². The maximum absolute atomic E-state index is 3.37. The molecule has 0 spiro atoms. The molecule has 1 rings (SSSR count). The molecule has 1 N–H and O–H groups in total. The first-order valence-corrected chi connectivity index (χ1v) is 6.96. The molecule has 1 heteroatoms. The van der Waals surface area contributed by atoms with Crippen LogP contribution in [0.15, 0.2) is 0 Å². The molecule has 0 aromatic rings. The highest BCUT2D eigenvalue weighted by Crippen LogP contribution is 2.38. The summed E-state index contributed by atoms with van der Waals surface area (Å²) in [5.74, 6) is 3.01. The van der Waals surface area contributed by atoms with Crippen molar-refractivity contribution in [3.05, 3.63) is 0 Å². The molecule has 0 heterocycles. The van der Waals surface area contributed by atoms with E-state index in [2.05, 4.69) is 26.2 Å². The van der Waals surface area contributed by atoms with E-state index in [1.807, 2.05) is 0 Å². The van der Waals surface area contributed by atoms with Gasteiger partial charge in [-0.05, 0) is 44.2 Å². The van der Waals surface area contributed by atoms with E-state index in [-0.39, 0.29) is 0 Å². The number of rotatable bonds is 6. The first kappa shape index (κ1) is 13.0. The molecular formula is C14H29N. The lowest BCUT2D eigenvalue weighted by Crippen LogP contribution is -2.31. The van der Waals surface area contributed by atoms with E-state index < -0.39 is 0 Å². The Kier molecular flexibility index (Phi) is 6.31. The van der Waals surface area contributed by atoms with Gasteiger partial charge in [-0.3, -0.25) is 0 Å². The molecule has 0 aromatic carbocycles. The second-order valence-electron chi connectivity index (χ2n) is 5.33. The van der Waals surface area contributed by atoms with E-state index >= 15 is 0 Å². The van der Waals surface area contributed by atoms with Gasteiger partial charge in [0.25, 0.3) is 0 Å². The predicted octanol–water partition coefficient (Wildman–Crippen LogP) is 3.84. The van der Waals surface area contributed by atoms with Crippen molar-refractivity contribution < 1.29 is 0 Å².